The first kappa shape index (κ1) is 21.5. The van der Waals surface area contributed by atoms with Gasteiger partial charge in [-0.1, -0.05) is 49.7 Å². The van der Waals surface area contributed by atoms with Crippen LogP contribution in [0.1, 0.15) is 49.4 Å². The summed E-state index contributed by atoms with van der Waals surface area (Å²) in [7, 11) is 0. The molecule has 2 N–H and O–H groups in total. The largest absolute Gasteiger partial charge is 0.416 e. The zero-order valence-electron chi connectivity index (χ0n) is 16.3. The Kier molecular flexibility index (Phi) is 6.42. The fourth-order valence-corrected chi connectivity index (χ4v) is 3.91. The van der Waals surface area contributed by atoms with Crippen molar-refractivity contribution in [1.82, 2.24) is 5.32 Å². The molecule has 0 radical (unpaired) electrons. The molecule has 156 valence electrons. The van der Waals surface area contributed by atoms with E-state index in [-0.39, 0.29) is 22.9 Å². The quantitative estimate of drug-likeness (QED) is 0.619. The van der Waals surface area contributed by atoms with Crippen molar-refractivity contribution in [1.29, 1.82) is 0 Å². The molecule has 0 saturated heterocycles. The number of hydrogen-bond acceptors (Lipinski definition) is 2. The number of nitrogens with one attached hydrogen (secondary N) is 2. The summed E-state index contributed by atoms with van der Waals surface area (Å²) < 4.78 is 38.6. The molecule has 2 atom stereocenters. The van der Waals surface area contributed by atoms with Crippen molar-refractivity contribution in [3.8, 4) is 0 Å². The lowest BCUT2D eigenvalue weighted by Gasteiger charge is -2.30. The Labute approximate surface area is 173 Å². The Morgan fingerprint density at radius 2 is 1.90 bits per heavy atom. The van der Waals surface area contributed by atoms with E-state index in [9.17, 15) is 18.0 Å². The highest BCUT2D eigenvalue weighted by Crippen LogP contribution is 2.34. The van der Waals surface area contributed by atoms with Gasteiger partial charge in [-0.3, -0.25) is 4.79 Å². The van der Waals surface area contributed by atoms with Crippen LogP contribution in [0.3, 0.4) is 0 Å². The second kappa shape index (κ2) is 8.66. The van der Waals surface area contributed by atoms with Gasteiger partial charge in [0, 0.05) is 0 Å². The third-order valence-electron chi connectivity index (χ3n) is 5.24. The zero-order valence-corrected chi connectivity index (χ0v) is 17.1. The van der Waals surface area contributed by atoms with Gasteiger partial charge < -0.3 is 10.6 Å². The summed E-state index contributed by atoms with van der Waals surface area (Å²) in [5, 5.41) is 6.07. The molecule has 2 aromatic rings. The Bertz CT molecular complexity index is 883. The summed E-state index contributed by atoms with van der Waals surface area (Å²) in [5.41, 5.74) is 1.85. The van der Waals surface area contributed by atoms with Crippen LogP contribution < -0.4 is 10.6 Å². The summed E-state index contributed by atoms with van der Waals surface area (Å²) >= 11 is 6.05. The van der Waals surface area contributed by atoms with E-state index < -0.39 is 17.8 Å². The number of amides is 1. The predicted molar refractivity (Wildman–Crippen MR) is 109 cm³/mol. The second-order valence-corrected chi connectivity index (χ2v) is 8.12. The van der Waals surface area contributed by atoms with Crippen LogP contribution in [0.15, 0.2) is 42.5 Å². The first-order chi connectivity index (χ1) is 13.7. The second-order valence-electron chi connectivity index (χ2n) is 7.71. The van der Waals surface area contributed by atoms with Gasteiger partial charge in [-0.25, -0.2) is 0 Å². The molecule has 0 bridgehead atoms. The topological polar surface area (TPSA) is 41.1 Å². The summed E-state index contributed by atoms with van der Waals surface area (Å²) in [6.45, 7) is 3.76. The van der Waals surface area contributed by atoms with E-state index in [0.717, 1.165) is 37.0 Å². The summed E-state index contributed by atoms with van der Waals surface area (Å²) in [5.74, 6) is -0.287. The molecule has 0 aliphatic heterocycles. The highest BCUT2D eigenvalue weighted by molar-refractivity contribution is 6.33. The third kappa shape index (κ3) is 5.04. The van der Waals surface area contributed by atoms with Crippen LogP contribution in [-0.2, 0) is 17.4 Å². The van der Waals surface area contributed by atoms with Crippen LogP contribution in [0.25, 0.3) is 0 Å². The first-order valence-electron chi connectivity index (χ1n) is 9.68. The lowest BCUT2D eigenvalue weighted by Crippen LogP contribution is -2.45. The number of hydrogen-bond donors (Lipinski definition) is 2. The Hall–Kier alpha value is -2.21. The van der Waals surface area contributed by atoms with E-state index in [1.54, 1.807) is 0 Å². The molecule has 0 spiro atoms. The zero-order chi connectivity index (χ0) is 21.2. The van der Waals surface area contributed by atoms with Crippen molar-refractivity contribution in [2.75, 3.05) is 5.32 Å². The first-order valence-corrected chi connectivity index (χ1v) is 10.1. The maximum Gasteiger partial charge on any atom is 0.416 e. The van der Waals surface area contributed by atoms with Gasteiger partial charge in [0.2, 0.25) is 5.91 Å². The maximum atomic E-state index is 13.0. The molecule has 3 nitrogen and oxygen atoms in total. The average Bonchev–Trinajstić information content (AvgIpc) is 2.66. The predicted octanol–water partition coefficient (Wildman–Crippen LogP) is 5.99. The number of anilines is 1. The molecule has 0 fully saturated rings. The van der Waals surface area contributed by atoms with Crippen molar-refractivity contribution in [3.05, 3.63) is 64.2 Å². The van der Waals surface area contributed by atoms with Gasteiger partial charge in [0.05, 0.1) is 22.3 Å². The van der Waals surface area contributed by atoms with Gasteiger partial charge in [-0.05, 0) is 54.5 Å². The molecule has 1 amide bonds. The summed E-state index contributed by atoms with van der Waals surface area (Å²) in [6.07, 6.45) is -1.62. The van der Waals surface area contributed by atoms with E-state index in [1.807, 2.05) is 32.0 Å². The molecule has 1 unspecified atom stereocenters. The number of carbonyl (C=O) groups is 1. The normalized spacial score (nSPS) is 17.6. The minimum absolute atomic E-state index is 0.0683. The molecular formula is C22H24ClF3N2O. The molecular weight excluding hydrogens is 401 g/mol. The number of halogens is 4. The molecule has 2 aromatic carbocycles. The smallest absolute Gasteiger partial charge is 0.372 e. The van der Waals surface area contributed by atoms with Gasteiger partial charge in [0.15, 0.2) is 0 Å². The highest BCUT2D eigenvalue weighted by atomic mass is 35.5. The van der Waals surface area contributed by atoms with Gasteiger partial charge in [-0.2, -0.15) is 13.2 Å². The molecule has 7 heteroatoms. The van der Waals surface area contributed by atoms with Gasteiger partial charge >= 0.3 is 6.18 Å². The van der Waals surface area contributed by atoms with E-state index >= 15 is 0 Å². The standard InChI is InChI=1S/C22H24ClF3N2O/c1-13(2)20(27-19-11-10-15(12-17(19)23)22(24,25)26)21(29)28-18-9-5-7-14-6-3-4-8-16(14)18/h3-4,6,8,10-13,18,20,27H,5,7,9H2,1-2H3,(H,28,29)/t18?,20-/m1/s1. The molecule has 0 heterocycles. The molecule has 0 saturated carbocycles. The van der Waals surface area contributed by atoms with Crippen molar-refractivity contribution < 1.29 is 18.0 Å². The molecule has 1 aliphatic carbocycles. The van der Waals surface area contributed by atoms with E-state index in [1.165, 1.54) is 11.6 Å². The van der Waals surface area contributed by atoms with E-state index in [0.29, 0.717) is 5.69 Å². The van der Waals surface area contributed by atoms with Crippen molar-refractivity contribution >= 4 is 23.2 Å². The Morgan fingerprint density at radius 3 is 2.55 bits per heavy atom. The SMILES string of the molecule is CC(C)[C@@H](Nc1ccc(C(F)(F)F)cc1Cl)C(=O)NC1CCCc2ccccc21. The van der Waals surface area contributed by atoms with Crippen molar-refractivity contribution in [3.63, 3.8) is 0 Å². The highest BCUT2D eigenvalue weighted by Gasteiger charge is 2.32. The number of fused-ring (bicyclic) bond motifs is 1. The lowest BCUT2D eigenvalue weighted by atomic mass is 9.87. The van der Waals surface area contributed by atoms with E-state index in [4.69, 9.17) is 11.6 Å². The fraction of sp³-hybridized carbons (Fsp3) is 0.409. The van der Waals surface area contributed by atoms with Gasteiger partial charge in [-0.15, -0.1) is 0 Å². The maximum absolute atomic E-state index is 13.0. The monoisotopic (exact) mass is 424 g/mol. The fourth-order valence-electron chi connectivity index (χ4n) is 3.68. The third-order valence-corrected chi connectivity index (χ3v) is 5.56. The van der Waals surface area contributed by atoms with Gasteiger partial charge in [0.25, 0.3) is 0 Å². The molecule has 1 aliphatic rings. The molecule has 3 rings (SSSR count). The Morgan fingerprint density at radius 1 is 1.17 bits per heavy atom. The Balaban J connectivity index is 1.76. The van der Waals surface area contributed by atoms with Crippen LogP contribution >= 0.6 is 11.6 Å². The van der Waals surface area contributed by atoms with Crippen LogP contribution in [0.4, 0.5) is 18.9 Å². The van der Waals surface area contributed by atoms with Crippen molar-refractivity contribution in [2.45, 2.75) is 51.4 Å². The number of rotatable bonds is 5. The number of aryl methyl sites for hydroxylation is 1. The summed E-state index contributed by atoms with van der Waals surface area (Å²) in [4.78, 5) is 13.0. The summed E-state index contributed by atoms with van der Waals surface area (Å²) in [6, 6.07) is 10.5. The number of carbonyl (C=O) groups excluding carboxylic acids is 1. The minimum Gasteiger partial charge on any atom is -0.372 e. The molecule has 29 heavy (non-hydrogen) atoms. The molecule has 0 aromatic heterocycles. The van der Waals surface area contributed by atoms with Crippen LogP contribution in [0, 0.1) is 5.92 Å². The lowest BCUT2D eigenvalue weighted by molar-refractivity contribution is -0.137. The van der Waals surface area contributed by atoms with Crippen LogP contribution in [0.5, 0.6) is 0 Å². The van der Waals surface area contributed by atoms with Crippen LogP contribution in [0.2, 0.25) is 5.02 Å². The minimum atomic E-state index is -4.47. The van der Waals surface area contributed by atoms with Gasteiger partial charge in [0.1, 0.15) is 6.04 Å². The van der Waals surface area contributed by atoms with Crippen LogP contribution in [-0.4, -0.2) is 11.9 Å². The van der Waals surface area contributed by atoms with E-state index in [2.05, 4.69) is 16.7 Å². The number of benzene rings is 2. The average molecular weight is 425 g/mol. The van der Waals surface area contributed by atoms with Crippen molar-refractivity contribution in [2.24, 2.45) is 5.92 Å². The number of alkyl halides is 3.